The summed E-state index contributed by atoms with van der Waals surface area (Å²) < 4.78 is 44.8. The van der Waals surface area contributed by atoms with Crippen LogP contribution in [0.5, 0.6) is 0 Å². The molecule has 0 spiro atoms. The van der Waals surface area contributed by atoms with Gasteiger partial charge < -0.3 is 14.0 Å². The van der Waals surface area contributed by atoms with Crippen molar-refractivity contribution in [3.05, 3.63) is 53.6 Å². The number of benzene rings is 1. The first-order valence-electron chi connectivity index (χ1n) is 14.0. The molecule has 0 radical (unpaired) electrons. The van der Waals surface area contributed by atoms with E-state index in [2.05, 4.69) is 13.8 Å². The van der Waals surface area contributed by atoms with Gasteiger partial charge in [-0.3, -0.25) is 0 Å². The van der Waals surface area contributed by atoms with E-state index in [1.54, 1.807) is 12.2 Å². The van der Waals surface area contributed by atoms with Gasteiger partial charge in [0.2, 0.25) is 0 Å². The van der Waals surface area contributed by atoms with E-state index in [-0.39, 0.29) is 75.7 Å². The molecule has 0 amide bonds. The summed E-state index contributed by atoms with van der Waals surface area (Å²) in [4.78, 5) is 24.6. The smallest absolute Gasteiger partial charge is 0.744 e. The molecule has 7 nitrogen and oxygen atoms in total. The zero-order valence-corrected chi connectivity index (χ0v) is 28.1. The molecule has 0 N–H and O–H groups in total. The van der Waals surface area contributed by atoms with Crippen LogP contribution >= 0.6 is 0 Å². The summed E-state index contributed by atoms with van der Waals surface area (Å²) in [5.41, 5.74) is -0.463. The third-order valence-electron chi connectivity index (χ3n) is 6.12. The van der Waals surface area contributed by atoms with Crippen molar-refractivity contribution in [2.45, 2.75) is 109 Å². The van der Waals surface area contributed by atoms with Crippen LogP contribution in [0, 0.1) is 0 Å². The zero-order chi connectivity index (χ0) is 28.1. The molecular formula is C30H45KO7S. The van der Waals surface area contributed by atoms with Crippen molar-refractivity contribution in [1.29, 1.82) is 0 Å². The van der Waals surface area contributed by atoms with Gasteiger partial charge in [-0.2, -0.15) is 0 Å². The van der Waals surface area contributed by atoms with Crippen LogP contribution in [0.1, 0.15) is 124 Å². The second-order valence-corrected chi connectivity index (χ2v) is 10.8. The summed E-state index contributed by atoms with van der Waals surface area (Å²) in [5, 5.41) is 0. The van der Waals surface area contributed by atoms with Gasteiger partial charge in [-0.05, 0) is 43.9 Å². The van der Waals surface area contributed by atoms with Gasteiger partial charge in [0.15, 0.2) is 0 Å². The van der Waals surface area contributed by atoms with Gasteiger partial charge in [0.1, 0.15) is 23.3 Å². The van der Waals surface area contributed by atoms with E-state index < -0.39 is 27.0 Å². The minimum absolute atomic E-state index is 0. The topological polar surface area (TPSA) is 110 Å². The van der Waals surface area contributed by atoms with Crippen LogP contribution < -0.4 is 51.4 Å². The molecule has 0 bridgehead atoms. The maximum atomic E-state index is 12.7. The van der Waals surface area contributed by atoms with Gasteiger partial charge >= 0.3 is 63.3 Å². The van der Waals surface area contributed by atoms with Crippen molar-refractivity contribution >= 4 is 22.1 Å². The first-order chi connectivity index (χ1) is 18.3. The van der Waals surface area contributed by atoms with Crippen LogP contribution in [0.3, 0.4) is 0 Å². The van der Waals surface area contributed by atoms with Crippen molar-refractivity contribution in [1.82, 2.24) is 0 Å². The fraction of sp³-hybridized carbons (Fsp3) is 0.600. The van der Waals surface area contributed by atoms with Gasteiger partial charge in [0.25, 0.3) is 0 Å². The second kappa shape index (κ2) is 23.8. The maximum absolute atomic E-state index is 12.7. The Hall–Kier alpha value is -0.814. The molecule has 214 valence electrons. The molecule has 1 rings (SSSR count). The minimum atomic E-state index is -4.82. The SMILES string of the molecule is CCCCCCCC/C=C/COC(=O)c1ccc(S(=O)(=O)[O-])cc1C(=O)OC/C=C/CCCCCCCC.[K+]. The van der Waals surface area contributed by atoms with Crippen LogP contribution in [0.4, 0.5) is 0 Å². The Morgan fingerprint density at radius 2 is 1.13 bits per heavy atom. The summed E-state index contributed by atoms with van der Waals surface area (Å²) in [6.07, 6.45) is 23.4. The van der Waals surface area contributed by atoms with Crippen LogP contribution in [-0.2, 0) is 19.6 Å². The quantitative estimate of drug-likeness (QED) is 0.0683. The van der Waals surface area contributed by atoms with Crippen LogP contribution in [-0.4, -0.2) is 38.1 Å². The molecule has 1 aromatic carbocycles. The van der Waals surface area contributed by atoms with E-state index in [4.69, 9.17) is 9.47 Å². The molecule has 9 heteroatoms. The van der Waals surface area contributed by atoms with E-state index in [9.17, 15) is 22.6 Å². The van der Waals surface area contributed by atoms with Gasteiger partial charge in [0.05, 0.1) is 16.0 Å². The van der Waals surface area contributed by atoms with Crippen molar-refractivity contribution < 1.29 is 83.4 Å². The third-order valence-corrected chi connectivity index (χ3v) is 6.95. The Kier molecular flexibility index (Phi) is 23.4. The van der Waals surface area contributed by atoms with E-state index in [1.165, 1.54) is 57.8 Å². The van der Waals surface area contributed by atoms with Crippen LogP contribution in [0.15, 0.2) is 47.4 Å². The van der Waals surface area contributed by atoms with Gasteiger partial charge in [-0.25, -0.2) is 18.0 Å². The van der Waals surface area contributed by atoms with Gasteiger partial charge in [-0.1, -0.05) is 102 Å². The van der Waals surface area contributed by atoms with Crippen LogP contribution in [0.25, 0.3) is 0 Å². The van der Waals surface area contributed by atoms with Crippen LogP contribution in [0.2, 0.25) is 0 Å². The average molecular weight is 589 g/mol. The molecule has 0 atom stereocenters. The molecule has 0 saturated carbocycles. The van der Waals surface area contributed by atoms with Crippen molar-refractivity contribution in [3.63, 3.8) is 0 Å². The second-order valence-electron chi connectivity index (χ2n) is 9.41. The number of carbonyl (C=O) groups excluding carboxylic acids is 2. The zero-order valence-electron chi connectivity index (χ0n) is 24.1. The number of unbranched alkanes of at least 4 members (excludes halogenated alkanes) is 12. The first kappa shape index (κ1) is 38.2. The first-order valence-corrected chi connectivity index (χ1v) is 15.5. The Labute approximate surface area is 278 Å². The molecule has 0 aliphatic heterocycles. The molecule has 0 aromatic heterocycles. The fourth-order valence-electron chi connectivity index (χ4n) is 3.89. The number of hydrogen-bond donors (Lipinski definition) is 0. The molecule has 0 aliphatic carbocycles. The van der Waals surface area contributed by atoms with E-state index in [0.717, 1.165) is 50.3 Å². The molecule has 1 aromatic rings. The third kappa shape index (κ3) is 18.3. The molecule has 0 aliphatic rings. The normalized spacial score (nSPS) is 11.6. The minimum Gasteiger partial charge on any atom is -0.744 e. The molecule has 0 saturated heterocycles. The summed E-state index contributed by atoms with van der Waals surface area (Å²) in [6, 6.07) is 2.97. The number of allylic oxidation sites excluding steroid dienone is 2. The van der Waals surface area contributed by atoms with Crippen molar-refractivity contribution in [3.8, 4) is 0 Å². The van der Waals surface area contributed by atoms with Crippen molar-refractivity contribution in [2.75, 3.05) is 13.2 Å². The number of ether oxygens (including phenoxy) is 2. The predicted octanol–water partition coefficient (Wildman–Crippen LogP) is 4.52. The number of rotatable bonds is 21. The largest absolute Gasteiger partial charge is 1.00 e. The standard InChI is InChI=1S/C30H46O7S.K/c1-3-5-7-9-11-13-15-17-19-23-36-29(31)27-22-21-26(38(33,34)35)25-28(27)30(32)37-24-20-18-16-14-12-10-8-6-4-2;/h17-22,25H,3-16,23-24H2,1-2H3,(H,33,34,35);/q;+1/p-1/b19-17+,20-18+;. The number of carbonyl (C=O) groups is 2. The van der Waals surface area contributed by atoms with Gasteiger partial charge in [-0.15, -0.1) is 0 Å². The van der Waals surface area contributed by atoms with E-state index in [0.29, 0.717) is 0 Å². The summed E-state index contributed by atoms with van der Waals surface area (Å²) >= 11 is 0. The Bertz CT molecular complexity index is 987. The maximum Gasteiger partial charge on any atom is 1.00 e. The molecule has 0 unspecified atom stereocenters. The molecule has 0 heterocycles. The van der Waals surface area contributed by atoms with Gasteiger partial charge in [0, 0.05) is 0 Å². The Morgan fingerprint density at radius 1 is 0.692 bits per heavy atom. The van der Waals surface area contributed by atoms with Crippen molar-refractivity contribution in [2.24, 2.45) is 0 Å². The Morgan fingerprint density at radius 3 is 1.59 bits per heavy atom. The summed E-state index contributed by atoms with van der Waals surface area (Å²) in [5.74, 6) is -1.69. The van der Waals surface area contributed by atoms with E-state index in [1.807, 2.05) is 12.2 Å². The molecular weight excluding hydrogens is 543 g/mol. The predicted molar refractivity (Wildman–Crippen MR) is 149 cm³/mol. The Balaban J connectivity index is 0.0000144. The monoisotopic (exact) mass is 588 g/mol. The van der Waals surface area contributed by atoms with E-state index >= 15 is 0 Å². The fourth-order valence-corrected chi connectivity index (χ4v) is 4.38. The average Bonchev–Trinajstić information content (AvgIpc) is 2.89. The number of esters is 2. The molecule has 0 fully saturated rings. The summed E-state index contributed by atoms with van der Waals surface area (Å²) in [7, 11) is -4.82. The molecule has 39 heavy (non-hydrogen) atoms. The summed E-state index contributed by atoms with van der Waals surface area (Å²) in [6.45, 7) is 4.36. The number of hydrogen-bond acceptors (Lipinski definition) is 7.